The van der Waals surface area contributed by atoms with Crippen molar-refractivity contribution in [2.24, 2.45) is 0 Å². The second-order valence-electron chi connectivity index (χ2n) is 3.38. The Bertz CT molecular complexity index is 495. The van der Waals surface area contributed by atoms with Gasteiger partial charge in [-0.05, 0) is 41.8 Å². The molecular weight excluding hydrogens is 208 g/mol. The lowest BCUT2D eigenvalue weighted by Crippen LogP contribution is -1.90. The third-order valence-corrected chi connectivity index (χ3v) is 2.77. The van der Waals surface area contributed by atoms with Crippen LogP contribution in [-0.4, -0.2) is 4.98 Å². The van der Waals surface area contributed by atoms with Gasteiger partial charge >= 0.3 is 0 Å². The Hall–Kier alpha value is -1.54. The van der Waals surface area contributed by atoms with Crippen LogP contribution >= 0.6 is 11.6 Å². The molecule has 1 aromatic heterocycles. The molecule has 0 atom stereocenters. The highest BCUT2D eigenvalue weighted by molar-refractivity contribution is 6.31. The van der Waals surface area contributed by atoms with Crippen molar-refractivity contribution in [1.29, 1.82) is 0 Å². The summed E-state index contributed by atoms with van der Waals surface area (Å²) in [7, 11) is 0. The maximum atomic E-state index is 6.06. The average molecular weight is 219 g/mol. The third kappa shape index (κ3) is 1.95. The van der Waals surface area contributed by atoms with Gasteiger partial charge in [0.15, 0.2) is 0 Å². The molecule has 0 saturated carbocycles. The van der Waals surface area contributed by atoms with Gasteiger partial charge in [-0.15, -0.1) is 0 Å². The molecule has 0 spiro atoms. The number of pyridine rings is 1. The van der Waals surface area contributed by atoms with Gasteiger partial charge in [0, 0.05) is 11.2 Å². The van der Waals surface area contributed by atoms with E-state index in [0.29, 0.717) is 5.82 Å². The van der Waals surface area contributed by atoms with Gasteiger partial charge in [-0.1, -0.05) is 23.7 Å². The molecule has 0 aliphatic rings. The van der Waals surface area contributed by atoms with Gasteiger partial charge in [0.1, 0.15) is 5.82 Å². The highest BCUT2D eigenvalue weighted by Crippen LogP contribution is 2.28. The first-order valence-corrected chi connectivity index (χ1v) is 5.03. The number of hydrogen-bond acceptors (Lipinski definition) is 2. The Labute approximate surface area is 93.7 Å². The molecule has 1 aromatic carbocycles. The fourth-order valence-corrected chi connectivity index (χ4v) is 1.71. The van der Waals surface area contributed by atoms with E-state index in [4.69, 9.17) is 17.3 Å². The number of benzene rings is 1. The number of hydrogen-bond donors (Lipinski definition) is 1. The monoisotopic (exact) mass is 218 g/mol. The largest absolute Gasteiger partial charge is 0.384 e. The van der Waals surface area contributed by atoms with Crippen LogP contribution in [0.25, 0.3) is 11.1 Å². The Kier molecular flexibility index (Phi) is 2.60. The SMILES string of the molecule is Cc1c(Cl)cccc1-c1ccnc(N)c1. The first-order chi connectivity index (χ1) is 7.18. The molecule has 0 unspecified atom stereocenters. The predicted molar refractivity (Wildman–Crippen MR) is 63.8 cm³/mol. The van der Waals surface area contributed by atoms with E-state index in [1.54, 1.807) is 6.20 Å². The summed E-state index contributed by atoms with van der Waals surface area (Å²) in [5.41, 5.74) is 8.84. The van der Waals surface area contributed by atoms with Crippen molar-refractivity contribution < 1.29 is 0 Å². The van der Waals surface area contributed by atoms with Crippen LogP contribution in [0.2, 0.25) is 5.02 Å². The van der Waals surface area contributed by atoms with Crippen molar-refractivity contribution in [3.63, 3.8) is 0 Å². The molecule has 76 valence electrons. The summed E-state index contributed by atoms with van der Waals surface area (Å²) in [5.74, 6) is 0.520. The summed E-state index contributed by atoms with van der Waals surface area (Å²) in [6.07, 6.45) is 1.70. The molecule has 2 rings (SSSR count). The van der Waals surface area contributed by atoms with Crippen LogP contribution in [0.4, 0.5) is 5.82 Å². The number of nitrogens with zero attached hydrogens (tertiary/aromatic N) is 1. The number of anilines is 1. The topological polar surface area (TPSA) is 38.9 Å². The van der Waals surface area contributed by atoms with Crippen molar-refractivity contribution >= 4 is 17.4 Å². The Morgan fingerprint density at radius 1 is 1.27 bits per heavy atom. The Morgan fingerprint density at radius 2 is 2.07 bits per heavy atom. The molecule has 0 radical (unpaired) electrons. The minimum Gasteiger partial charge on any atom is -0.384 e. The lowest BCUT2D eigenvalue weighted by atomic mass is 10.0. The highest BCUT2D eigenvalue weighted by Gasteiger charge is 2.04. The van der Waals surface area contributed by atoms with Crippen LogP contribution in [0.3, 0.4) is 0 Å². The van der Waals surface area contributed by atoms with Crippen LogP contribution < -0.4 is 5.73 Å². The number of aromatic nitrogens is 1. The third-order valence-electron chi connectivity index (χ3n) is 2.36. The van der Waals surface area contributed by atoms with Gasteiger partial charge in [-0.25, -0.2) is 4.98 Å². The van der Waals surface area contributed by atoms with Gasteiger partial charge in [-0.2, -0.15) is 0 Å². The fraction of sp³-hybridized carbons (Fsp3) is 0.0833. The second-order valence-corrected chi connectivity index (χ2v) is 3.79. The summed E-state index contributed by atoms with van der Waals surface area (Å²) in [6, 6.07) is 9.61. The summed E-state index contributed by atoms with van der Waals surface area (Å²) >= 11 is 6.06. The number of rotatable bonds is 1. The number of halogens is 1. The zero-order valence-corrected chi connectivity index (χ0v) is 9.12. The fourth-order valence-electron chi connectivity index (χ4n) is 1.54. The first kappa shape index (κ1) is 9.99. The summed E-state index contributed by atoms with van der Waals surface area (Å²) < 4.78 is 0. The maximum Gasteiger partial charge on any atom is 0.123 e. The predicted octanol–water partition coefficient (Wildman–Crippen LogP) is 3.29. The minimum atomic E-state index is 0.520. The summed E-state index contributed by atoms with van der Waals surface area (Å²) in [5, 5.41) is 0.767. The quantitative estimate of drug-likeness (QED) is 0.798. The molecule has 0 amide bonds. The van der Waals surface area contributed by atoms with E-state index in [1.807, 2.05) is 37.3 Å². The standard InChI is InChI=1S/C12H11ClN2/c1-8-10(3-2-4-11(8)13)9-5-6-15-12(14)7-9/h2-7H,1H3,(H2,14,15). The molecular formula is C12H11ClN2. The smallest absolute Gasteiger partial charge is 0.123 e. The molecule has 2 nitrogen and oxygen atoms in total. The molecule has 3 heteroatoms. The normalized spacial score (nSPS) is 10.3. The molecule has 2 N–H and O–H groups in total. The van der Waals surface area contributed by atoms with Crippen molar-refractivity contribution in [1.82, 2.24) is 4.98 Å². The van der Waals surface area contributed by atoms with Crippen molar-refractivity contribution in [2.45, 2.75) is 6.92 Å². The Morgan fingerprint density at radius 3 is 2.80 bits per heavy atom. The zero-order chi connectivity index (χ0) is 10.8. The molecule has 0 aliphatic carbocycles. The molecule has 2 aromatic rings. The highest BCUT2D eigenvalue weighted by atomic mass is 35.5. The van der Waals surface area contributed by atoms with Crippen molar-refractivity contribution in [2.75, 3.05) is 5.73 Å². The molecule has 0 fully saturated rings. The molecule has 0 aliphatic heterocycles. The molecule has 15 heavy (non-hydrogen) atoms. The van der Waals surface area contributed by atoms with Crippen LogP contribution in [0.5, 0.6) is 0 Å². The van der Waals surface area contributed by atoms with Crippen LogP contribution in [0.15, 0.2) is 36.5 Å². The zero-order valence-electron chi connectivity index (χ0n) is 8.37. The van der Waals surface area contributed by atoms with Gasteiger partial charge in [0.25, 0.3) is 0 Å². The van der Waals surface area contributed by atoms with Crippen molar-refractivity contribution in [3.05, 3.63) is 47.1 Å². The minimum absolute atomic E-state index is 0.520. The molecule has 0 bridgehead atoms. The summed E-state index contributed by atoms with van der Waals surface area (Å²) in [4.78, 5) is 3.96. The lowest BCUT2D eigenvalue weighted by Gasteiger charge is -2.07. The van der Waals surface area contributed by atoms with E-state index in [-0.39, 0.29) is 0 Å². The first-order valence-electron chi connectivity index (χ1n) is 4.65. The van der Waals surface area contributed by atoms with Gasteiger partial charge in [0.05, 0.1) is 0 Å². The average Bonchev–Trinajstić information content (AvgIpc) is 2.22. The van der Waals surface area contributed by atoms with E-state index in [0.717, 1.165) is 21.7 Å². The van der Waals surface area contributed by atoms with Crippen LogP contribution in [0.1, 0.15) is 5.56 Å². The van der Waals surface area contributed by atoms with Crippen molar-refractivity contribution in [3.8, 4) is 11.1 Å². The van der Waals surface area contributed by atoms with E-state index in [9.17, 15) is 0 Å². The van der Waals surface area contributed by atoms with Crippen LogP contribution in [0, 0.1) is 6.92 Å². The Balaban J connectivity index is 2.59. The van der Waals surface area contributed by atoms with Gasteiger partial charge in [-0.3, -0.25) is 0 Å². The van der Waals surface area contributed by atoms with E-state index < -0.39 is 0 Å². The number of nitrogen functional groups attached to an aromatic ring is 1. The van der Waals surface area contributed by atoms with Gasteiger partial charge < -0.3 is 5.73 Å². The second kappa shape index (κ2) is 3.91. The van der Waals surface area contributed by atoms with E-state index >= 15 is 0 Å². The number of nitrogens with two attached hydrogens (primary N) is 1. The molecule has 0 saturated heterocycles. The van der Waals surface area contributed by atoms with E-state index in [1.165, 1.54) is 0 Å². The summed E-state index contributed by atoms with van der Waals surface area (Å²) in [6.45, 7) is 1.99. The lowest BCUT2D eigenvalue weighted by molar-refractivity contribution is 1.33. The molecule has 1 heterocycles. The maximum absolute atomic E-state index is 6.06. The van der Waals surface area contributed by atoms with Gasteiger partial charge in [0.2, 0.25) is 0 Å². The van der Waals surface area contributed by atoms with Crippen LogP contribution in [-0.2, 0) is 0 Å². The van der Waals surface area contributed by atoms with E-state index in [2.05, 4.69) is 4.98 Å².